The molecule has 0 amide bonds. The molecule has 0 aliphatic carbocycles. The van der Waals surface area contributed by atoms with E-state index in [0.717, 1.165) is 0 Å². The number of anilines is 3. The number of nitrogens with zero attached hydrogens (tertiary/aromatic N) is 3. The Balaban J connectivity index is 2.33. The van der Waals surface area contributed by atoms with Crippen LogP contribution in [0.5, 0.6) is 5.88 Å². The van der Waals surface area contributed by atoms with Gasteiger partial charge in [0.05, 0.1) is 12.8 Å². The molecule has 94 valence electrons. The van der Waals surface area contributed by atoms with Crippen molar-refractivity contribution in [2.24, 2.45) is 0 Å². The number of methoxy groups -OCH3 is 1. The average molecular weight is 264 g/mol. The summed E-state index contributed by atoms with van der Waals surface area (Å²) in [6, 6.07) is 4.85. The number of nitrogens with two attached hydrogens (primary N) is 3. The van der Waals surface area contributed by atoms with Gasteiger partial charge in [0, 0.05) is 12.1 Å². The summed E-state index contributed by atoms with van der Waals surface area (Å²) in [5.41, 5.74) is 17.5. The van der Waals surface area contributed by atoms with Crippen LogP contribution in [0.25, 0.3) is 0 Å². The van der Waals surface area contributed by atoms with Gasteiger partial charge in [0.25, 0.3) is 0 Å². The monoisotopic (exact) mass is 264 g/mol. The second-order valence-electron chi connectivity index (χ2n) is 3.35. The van der Waals surface area contributed by atoms with E-state index in [4.69, 9.17) is 21.9 Å². The Kier molecular flexibility index (Phi) is 3.38. The summed E-state index contributed by atoms with van der Waals surface area (Å²) < 4.78 is 5.02. The van der Waals surface area contributed by atoms with Crippen molar-refractivity contribution in [3.8, 4) is 5.88 Å². The van der Waals surface area contributed by atoms with E-state index in [0.29, 0.717) is 33.4 Å². The number of pyridine rings is 1. The molecule has 0 saturated carbocycles. The molecule has 7 nitrogen and oxygen atoms in total. The molecule has 2 aromatic heterocycles. The Hall–Kier alpha value is -2.22. The highest BCUT2D eigenvalue weighted by Gasteiger charge is 2.09. The molecule has 2 aromatic rings. The van der Waals surface area contributed by atoms with Crippen LogP contribution in [-0.2, 0) is 0 Å². The highest BCUT2D eigenvalue weighted by Crippen LogP contribution is 2.30. The summed E-state index contributed by atoms with van der Waals surface area (Å²) >= 11 is 1.17. The summed E-state index contributed by atoms with van der Waals surface area (Å²) in [4.78, 5) is 12.3. The lowest BCUT2D eigenvalue weighted by molar-refractivity contribution is 0.395. The van der Waals surface area contributed by atoms with Gasteiger partial charge in [-0.15, -0.1) is 0 Å². The lowest BCUT2D eigenvalue weighted by Gasteiger charge is -2.06. The molecule has 0 aromatic carbocycles. The highest BCUT2D eigenvalue weighted by atomic mass is 32.2. The second-order valence-corrected chi connectivity index (χ2v) is 4.31. The van der Waals surface area contributed by atoms with Gasteiger partial charge >= 0.3 is 0 Å². The van der Waals surface area contributed by atoms with Gasteiger partial charge in [-0.3, -0.25) is 0 Å². The fraction of sp³-hybridized carbons (Fsp3) is 0.100. The van der Waals surface area contributed by atoms with Crippen molar-refractivity contribution in [3.63, 3.8) is 0 Å². The standard InChI is InChI=1S/C10H12N6OS/c1-17-8-3-2-5(11)9(16-8)18-10-14-6(12)4-7(13)15-10/h2-4H,11H2,1H3,(H4,12,13,14,15). The predicted octanol–water partition coefficient (Wildman–Crippen LogP) is 0.778. The zero-order valence-electron chi connectivity index (χ0n) is 9.62. The third kappa shape index (κ3) is 2.72. The van der Waals surface area contributed by atoms with Crippen LogP contribution in [-0.4, -0.2) is 22.1 Å². The zero-order chi connectivity index (χ0) is 13.1. The van der Waals surface area contributed by atoms with Crippen LogP contribution in [0.3, 0.4) is 0 Å². The molecule has 0 spiro atoms. The van der Waals surface area contributed by atoms with Crippen molar-refractivity contribution in [1.29, 1.82) is 0 Å². The maximum Gasteiger partial charge on any atom is 0.214 e. The van der Waals surface area contributed by atoms with Crippen molar-refractivity contribution < 1.29 is 4.74 Å². The molecule has 6 N–H and O–H groups in total. The lowest BCUT2D eigenvalue weighted by Crippen LogP contribution is -2.00. The molecule has 0 atom stereocenters. The first-order valence-corrected chi connectivity index (χ1v) is 5.78. The van der Waals surface area contributed by atoms with Crippen LogP contribution in [0.15, 0.2) is 28.4 Å². The number of ether oxygens (including phenoxy) is 1. The molecule has 0 aliphatic rings. The Morgan fingerprint density at radius 1 is 1.06 bits per heavy atom. The molecule has 8 heteroatoms. The second kappa shape index (κ2) is 4.96. The van der Waals surface area contributed by atoms with Gasteiger partial charge in [-0.1, -0.05) is 0 Å². The molecule has 0 aliphatic heterocycles. The first-order valence-electron chi connectivity index (χ1n) is 4.97. The minimum absolute atomic E-state index is 0.298. The molecule has 0 saturated heterocycles. The third-order valence-corrected chi connectivity index (χ3v) is 2.89. The highest BCUT2D eigenvalue weighted by molar-refractivity contribution is 7.99. The fourth-order valence-corrected chi connectivity index (χ4v) is 2.02. The molecule has 2 heterocycles. The van der Waals surface area contributed by atoms with Gasteiger partial charge in [0.15, 0.2) is 5.16 Å². The molecule has 0 unspecified atom stereocenters. The summed E-state index contributed by atoms with van der Waals surface area (Å²) in [6.07, 6.45) is 0. The van der Waals surface area contributed by atoms with Crippen LogP contribution in [0, 0.1) is 0 Å². The molecule has 0 fully saturated rings. The lowest BCUT2D eigenvalue weighted by atomic mass is 10.4. The Morgan fingerprint density at radius 3 is 2.33 bits per heavy atom. The Labute approximate surface area is 108 Å². The number of hydrogen-bond donors (Lipinski definition) is 3. The quantitative estimate of drug-likeness (QED) is 0.694. The average Bonchev–Trinajstić information content (AvgIpc) is 2.30. The molecule has 18 heavy (non-hydrogen) atoms. The molecular formula is C10H12N6OS. The van der Waals surface area contributed by atoms with Gasteiger partial charge < -0.3 is 21.9 Å². The van der Waals surface area contributed by atoms with E-state index in [1.807, 2.05) is 0 Å². The summed E-state index contributed by atoms with van der Waals surface area (Å²) in [5, 5.41) is 0.930. The van der Waals surface area contributed by atoms with Crippen LogP contribution < -0.4 is 21.9 Å². The normalized spacial score (nSPS) is 10.3. The smallest absolute Gasteiger partial charge is 0.214 e. The first-order chi connectivity index (χ1) is 8.58. The minimum Gasteiger partial charge on any atom is -0.481 e. The molecule has 0 bridgehead atoms. The molecule has 2 rings (SSSR count). The van der Waals surface area contributed by atoms with Crippen molar-refractivity contribution in [2.75, 3.05) is 24.3 Å². The van der Waals surface area contributed by atoms with E-state index in [9.17, 15) is 0 Å². The third-order valence-electron chi connectivity index (χ3n) is 2.01. The summed E-state index contributed by atoms with van der Waals surface area (Å²) in [7, 11) is 1.53. The predicted molar refractivity (Wildman–Crippen MR) is 70.2 cm³/mol. The van der Waals surface area contributed by atoms with Gasteiger partial charge in [0.1, 0.15) is 16.7 Å². The largest absolute Gasteiger partial charge is 0.481 e. The SMILES string of the molecule is COc1ccc(N)c(Sc2nc(N)cc(N)n2)n1. The maximum absolute atomic E-state index is 5.81. The van der Waals surface area contributed by atoms with Crippen molar-refractivity contribution in [3.05, 3.63) is 18.2 Å². The fourth-order valence-electron chi connectivity index (χ4n) is 1.22. The molecular weight excluding hydrogens is 252 g/mol. The number of hydrogen-bond acceptors (Lipinski definition) is 8. The summed E-state index contributed by atoms with van der Waals surface area (Å²) in [6.45, 7) is 0. The van der Waals surface area contributed by atoms with Crippen LogP contribution in [0.4, 0.5) is 17.3 Å². The Morgan fingerprint density at radius 2 is 1.72 bits per heavy atom. The first kappa shape index (κ1) is 12.2. The van der Waals surface area contributed by atoms with E-state index in [1.54, 1.807) is 12.1 Å². The Bertz CT molecular complexity index is 556. The van der Waals surface area contributed by atoms with E-state index in [1.165, 1.54) is 24.9 Å². The zero-order valence-corrected chi connectivity index (χ0v) is 10.4. The number of rotatable bonds is 3. The van der Waals surface area contributed by atoms with Gasteiger partial charge in [0.2, 0.25) is 5.88 Å². The number of nitrogen functional groups attached to an aromatic ring is 3. The van der Waals surface area contributed by atoms with Crippen molar-refractivity contribution in [1.82, 2.24) is 15.0 Å². The maximum atomic E-state index is 5.81. The molecule has 0 radical (unpaired) electrons. The van der Waals surface area contributed by atoms with E-state index in [2.05, 4.69) is 15.0 Å². The van der Waals surface area contributed by atoms with E-state index >= 15 is 0 Å². The van der Waals surface area contributed by atoms with Crippen LogP contribution in [0.2, 0.25) is 0 Å². The number of aromatic nitrogens is 3. The van der Waals surface area contributed by atoms with Crippen LogP contribution in [0.1, 0.15) is 0 Å². The summed E-state index contributed by atoms with van der Waals surface area (Å²) in [5.74, 6) is 1.06. The van der Waals surface area contributed by atoms with Crippen molar-refractivity contribution in [2.45, 2.75) is 10.2 Å². The van der Waals surface area contributed by atoms with Crippen LogP contribution >= 0.6 is 11.8 Å². The topological polar surface area (TPSA) is 126 Å². The van der Waals surface area contributed by atoms with Gasteiger partial charge in [-0.05, 0) is 17.8 Å². The van der Waals surface area contributed by atoms with Gasteiger partial charge in [-0.25, -0.2) is 15.0 Å². The minimum atomic E-state index is 0.298. The van der Waals surface area contributed by atoms with E-state index < -0.39 is 0 Å². The van der Waals surface area contributed by atoms with E-state index in [-0.39, 0.29) is 0 Å². The van der Waals surface area contributed by atoms with Crippen molar-refractivity contribution >= 4 is 29.1 Å². The van der Waals surface area contributed by atoms with Gasteiger partial charge in [-0.2, -0.15) is 0 Å².